The van der Waals surface area contributed by atoms with Gasteiger partial charge in [-0.05, 0) is 48.9 Å². The van der Waals surface area contributed by atoms with Gasteiger partial charge in [-0.1, -0.05) is 6.07 Å². The van der Waals surface area contributed by atoms with E-state index in [1.807, 2.05) is 19.1 Å². The second-order valence-electron chi connectivity index (χ2n) is 5.05. The molecule has 0 aliphatic heterocycles. The fourth-order valence-corrected chi connectivity index (χ4v) is 2.02. The summed E-state index contributed by atoms with van der Waals surface area (Å²) < 4.78 is 15.0. The van der Waals surface area contributed by atoms with Crippen molar-refractivity contribution in [2.24, 2.45) is 0 Å². The molecule has 0 aromatic heterocycles. The molecule has 0 radical (unpaired) electrons. The minimum Gasteiger partial charge on any atom is -0.495 e. The predicted octanol–water partition coefficient (Wildman–Crippen LogP) is 2.81. The van der Waals surface area contributed by atoms with Crippen molar-refractivity contribution in [3.05, 3.63) is 53.6 Å². The second kappa shape index (κ2) is 8.01. The van der Waals surface area contributed by atoms with Gasteiger partial charge in [0.15, 0.2) is 6.61 Å². The molecule has 0 atom stereocenters. The molecule has 2 aromatic carbocycles. The Kier molecular flexibility index (Phi) is 5.78. The zero-order valence-electron chi connectivity index (χ0n) is 13.8. The van der Waals surface area contributed by atoms with Gasteiger partial charge < -0.3 is 19.5 Å². The van der Waals surface area contributed by atoms with Crippen LogP contribution in [0.25, 0.3) is 0 Å². The highest BCUT2D eigenvalue weighted by Gasteiger charge is 2.10. The Morgan fingerprint density at radius 3 is 2.38 bits per heavy atom. The largest absolute Gasteiger partial charge is 0.495 e. The smallest absolute Gasteiger partial charge is 0.343 e. The van der Waals surface area contributed by atoms with Gasteiger partial charge in [-0.25, -0.2) is 4.79 Å². The van der Waals surface area contributed by atoms with Crippen LogP contribution in [0.5, 0.6) is 11.5 Å². The van der Waals surface area contributed by atoms with E-state index in [1.54, 1.807) is 37.4 Å². The summed E-state index contributed by atoms with van der Waals surface area (Å²) in [5.41, 5.74) is 2.08. The van der Waals surface area contributed by atoms with Crippen LogP contribution in [0, 0.1) is 6.92 Å². The van der Waals surface area contributed by atoms with Crippen LogP contribution in [0.4, 0.5) is 5.69 Å². The first-order valence-corrected chi connectivity index (χ1v) is 7.29. The Hall–Kier alpha value is -3.02. The molecule has 0 fully saturated rings. The highest BCUT2D eigenvalue weighted by atomic mass is 16.6. The standard InChI is InChI=1S/C18H19NO5/c1-12-4-9-16(22-2)15(10-12)19-18(21)13-5-7-14(8-6-13)24-11-17(20)23-3/h4-10H,11H2,1-3H3,(H,19,21). The number of anilines is 1. The summed E-state index contributed by atoms with van der Waals surface area (Å²) in [7, 11) is 2.84. The van der Waals surface area contributed by atoms with Crippen molar-refractivity contribution in [1.29, 1.82) is 0 Å². The van der Waals surface area contributed by atoms with Crippen molar-refractivity contribution in [3.8, 4) is 11.5 Å². The molecule has 1 amide bonds. The van der Waals surface area contributed by atoms with E-state index in [0.29, 0.717) is 22.7 Å². The van der Waals surface area contributed by atoms with Gasteiger partial charge in [0.25, 0.3) is 5.91 Å². The minimum absolute atomic E-state index is 0.178. The first-order chi connectivity index (χ1) is 11.5. The topological polar surface area (TPSA) is 73.9 Å². The number of methoxy groups -OCH3 is 2. The Morgan fingerprint density at radius 1 is 1.04 bits per heavy atom. The summed E-state index contributed by atoms with van der Waals surface area (Å²) >= 11 is 0. The molecule has 6 heteroatoms. The molecule has 0 aliphatic carbocycles. The summed E-state index contributed by atoms with van der Waals surface area (Å²) in [6.45, 7) is 1.76. The van der Waals surface area contributed by atoms with Crippen LogP contribution >= 0.6 is 0 Å². The van der Waals surface area contributed by atoms with Crippen molar-refractivity contribution in [2.75, 3.05) is 26.1 Å². The fourth-order valence-electron chi connectivity index (χ4n) is 2.02. The highest BCUT2D eigenvalue weighted by molar-refractivity contribution is 6.05. The summed E-state index contributed by atoms with van der Waals surface area (Å²) in [6.07, 6.45) is 0. The van der Waals surface area contributed by atoms with E-state index in [1.165, 1.54) is 7.11 Å². The number of amides is 1. The summed E-state index contributed by atoms with van der Waals surface area (Å²) in [6, 6.07) is 12.0. The third-order valence-electron chi connectivity index (χ3n) is 3.30. The zero-order valence-corrected chi connectivity index (χ0v) is 13.8. The molecule has 0 bridgehead atoms. The van der Waals surface area contributed by atoms with Crippen molar-refractivity contribution < 1.29 is 23.8 Å². The predicted molar refractivity (Wildman–Crippen MR) is 89.6 cm³/mol. The lowest BCUT2D eigenvalue weighted by molar-refractivity contribution is -0.142. The number of carbonyl (C=O) groups is 2. The molecule has 6 nitrogen and oxygen atoms in total. The van der Waals surface area contributed by atoms with Gasteiger partial charge in [0.1, 0.15) is 11.5 Å². The molecule has 126 valence electrons. The molecular weight excluding hydrogens is 310 g/mol. The molecular formula is C18H19NO5. The Morgan fingerprint density at radius 2 is 1.75 bits per heavy atom. The van der Waals surface area contributed by atoms with Crippen LogP contribution in [0.1, 0.15) is 15.9 Å². The lowest BCUT2D eigenvalue weighted by atomic mass is 10.1. The number of ether oxygens (including phenoxy) is 3. The van der Waals surface area contributed by atoms with E-state index in [-0.39, 0.29) is 12.5 Å². The molecule has 2 aromatic rings. The summed E-state index contributed by atoms with van der Waals surface area (Å²) in [5.74, 6) is 0.332. The average Bonchev–Trinajstić information content (AvgIpc) is 2.60. The van der Waals surface area contributed by atoms with Crippen molar-refractivity contribution in [3.63, 3.8) is 0 Å². The van der Waals surface area contributed by atoms with E-state index in [2.05, 4.69) is 10.1 Å². The Balaban J connectivity index is 2.05. The molecule has 0 saturated carbocycles. The maximum Gasteiger partial charge on any atom is 0.343 e. The Bertz CT molecular complexity index is 725. The van der Waals surface area contributed by atoms with Crippen LogP contribution in [0.3, 0.4) is 0 Å². The molecule has 0 aliphatic rings. The molecule has 0 saturated heterocycles. The first kappa shape index (κ1) is 17.3. The van der Waals surface area contributed by atoms with E-state index < -0.39 is 5.97 Å². The lowest BCUT2D eigenvalue weighted by Crippen LogP contribution is -2.14. The quantitative estimate of drug-likeness (QED) is 0.825. The van der Waals surface area contributed by atoms with Crippen LogP contribution < -0.4 is 14.8 Å². The number of hydrogen-bond acceptors (Lipinski definition) is 5. The van der Waals surface area contributed by atoms with E-state index in [0.717, 1.165) is 5.56 Å². The second-order valence-corrected chi connectivity index (χ2v) is 5.05. The number of aryl methyl sites for hydroxylation is 1. The van der Waals surface area contributed by atoms with Crippen LogP contribution in [-0.2, 0) is 9.53 Å². The maximum absolute atomic E-state index is 12.3. The van der Waals surface area contributed by atoms with Gasteiger partial charge in [0.2, 0.25) is 0 Å². The number of esters is 1. The normalized spacial score (nSPS) is 9.96. The van der Waals surface area contributed by atoms with E-state index in [4.69, 9.17) is 9.47 Å². The third-order valence-corrected chi connectivity index (χ3v) is 3.30. The van der Waals surface area contributed by atoms with Crippen molar-refractivity contribution in [1.82, 2.24) is 0 Å². The lowest BCUT2D eigenvalue weighted by Gasteiger charge is -2.11. The van der Waals surface area contributed by atoms with Gasteiger partial charge in [0, 0.05) is 5.56 Å². The number of hydrogen-bond donors (Lipinski definition) is 1. The van der Waals surface area contributed by atoms with Crippen molar-refractivity contribution >= 4 is 17.6 Å². The SMILES string of the molecule is COC(=O)COc1ccc(C(=O)Nc2cc(C)ccc2OC)cc1. The molecule has 0 spiro atoms. The highest BCUT2D eigenvalue weighted by Crippen LogP contribution is 2.26. The van der Waals surface area contributed by atoms with Gasteiger partial charge in [-0.2, -0.15) is 0 Å². The van der Waals surface area contributed by atoms with Crippen LogP contribution in [0.2, 0.25) is 0 Å². The van der Waals surface area contributed by atoms with E-state index >= 15 is 0 Å². The summed E-state index contributed by atoms with van der Waals surface area (Å²) in [4.78, 5) is 23.4. The number of benzene rings is 2. The molecule has 0 heterocycles. The van der Waals surface area contributed by atoms with Crippen LogP contribution in [-0.4, -0.2) is 32.7 Å². The Labute approximate surface area is 140 Å². The van der Waals surface area contributed by atoms with Crippen molar-refractivity contribution in [2.45, 2.75) is 6.92 Å². The minimum atomic E-state index is -0.469. The average molecular weight is 329 g/mol. The van der Waals surface area contributed by atoms with Gasteiger partial charge >= 0.3 is 5.97 Å². The molecule has 2 rings (SSSR count). The number of carbonyl (C=O) groups excluding carboxylic acids is 2. The van der Waals surface area contributed by atoms with E-state index in [9.17, 15) is 9.59 Å². The fraction of sp³-hybridized carbons (Fsp3) is 0.222. The van der Waals surface area contributed by atoms with Gasteiger partial charge in [-0.3, -0.25) is 4.79 Å². The molecule has 1 N–H and O–H groups in total. The van der Waals surface area contributed by atoms with Gasteiger partial charge in [-0.15, -0.1) is 0 Å². The van der Waals surface area contributed by atoms with Crippen LogP contribution in [0.15, 0.2) is 42.5 Å². The monoisotopic (exact) mass is 329 g/mol. The first-order valence-electron chi connectivity index (χ1n) is 7.29. The third kappa shape index (κ3) is 4.49. The number of nitrogens with one attached hydrogen (secondary N) is 1. The summed E-state index contributed by atoms with van der Waals surface area (Å²) in [5, 5.41) is 2.82. The number of rotatable bonds is 6. The van der Waals surface area contributed by atoms with Gasteiger partial charge in [0.05, 0.1) is 19.9 Å². The molecule has 0 unspecified atom stereocenters. The maximum atomic E-state index is 12.3. The zero-order chi connectivity index (χ0) is 17.5. The molecule has 24 heavy (non-hydrogen) atoms.